The number of hydrogen-bond acceptors (Lipinski definition) is 1. The Morgan fingerprint density at radius 2 is 1.94 bits per heavy atom. The third kappa shape index (κ3) is 4.19. The highest BCUT2D eigenvalue weighted by Crippen LogP contribution is 2.21. The molecule has 0 bridgehead atoms. The average Bonchev–Trinajstić information content (AvgIpc) is 2.29. The fraction of sp³-hybridized carbons (Fsp3) is 0.467. The number of rotatable bonds is 5. The summed E-state index contributed by atoms with van der Waals surface area (Å²) in [4.78, 5) is 0. The molecule has 0 aliphatic heterocycles. The van der Waals surface area contributed by atoms with Crippen LogP contribution in [-0.4, -0.2) is 11.7 Å². The fourth-order valence-electron chi connectivity index (χ4n) is 1.71. The van der Waals surface area contributed by atoms with E-state index < -0.39 is 0 Å². The van der Waals surface area contributed by atoms with Crippen molar-refractivity contribution in [2.75, 3.05) is 6.61 Å². The second kappa shape index (κ2) is 6.49. The van der Waals surface area contributed by atoms with Crippen LogP contribution in [0.1, 0.15) is 43.7 Å². The molecule has 1 atom stereocenters. The molecule has 0 radical (unpaired) electrons. The second-order valence-corrected chi connectivity index (χ2v) is 4.60. The van der Waals surface area contributed by atoms with Crippen LogP contribution < -0.4 is 0 Å². The lowest BCUT2D eigenvalue weighted by molar-refractivity contribution is 0.331. The third-order valence-corrected chi connectivity index (χ3v) is 2.99. The van der Waals surface area contributed by atoms with Crippen molar-refractivity contribution in [2.45, 2.75) is 39.5 Å². The van der Waals surface area contributed by atoms with Crippen molar-refractivity contribution in [1.82, 2.24) is 0 Å². The quantitative estimate of drug-likeness (QED) is 0.745. The Kier molecular flexibility index (Phi) is 5.27. The van der Waals surface area contributed by atoms with Crippen LogP contribution in [0.4, 0.5) is 0 Å². The van der Waals surface area contributed by atoms with Gasteiger partial charge in [-0.3, -0.25) is 0 Å². The minimum Gasteiger partial charge on any atom is -0.392 e. The molecule has 1 heteroatoms. The lowest BCUT2D eigenvalue weighted by Crippen LogP contribution is -1.93. The van der Waals surface area contributed by atoms with Gasteiger partial charge in [-0.2, -0.15) is 0 Å². The van der Waals surface area contributed by atoms with E-state index in [1.54, 1.807) is 0 Å². The van der Waals surface area contributed by atoms with Gasteiger partial charge in [0.15, 0.2) is 0 Å². The van der Waals surface area contributed by atoms with Crippen LogP contribution in [0.25, 0.3) is 0 Å². The van der Waals surface area contributed by atoms with Crippen molar-refractivity contribution in [3.8, 4) is 0 Å². The molecular weight excluding hydrogens is 196 g/mol. The summed E-state index contributed by atoms with van der Waals surface area (Å²) in [5, 5.41) is 8.88. The maximum atomic E-state index is 8.88. The zero-order valence-corrected chi connectivity index (χ0v) is 10.5. The number of benzene rings is 1. The third-order valence-electron chi connectivity index (χ3n) is 2.99. The maximum Gasteiger partial charge on any atom is 0.0639 e. The van der Waals surface area contributed by atoms with Crippen molar-refractivity contribution < 1.29 is 5.11 Å². The minimum atomic E-state index is 0.179. The molecule has 0 aliphatic rings. The number of aliphatic hydroxyl groups is 1. The van der Waals surface area contributed by atoms with E-state index in [0.717, 1.165) is 18.4 Å². The number of aliphatic hydroxyl groups excluding tert-OH is 1. The first-order valence-corrected chi connectivity index (χ1v) is 5.96. The predicted octanol–water partition coefficient (Wildman–Crippen LogP) is 3.82. The molecule has 0 aromatic heterocycles. The SMILES string of the molecule is C/C(=C\CC[C@@H](C)c1ccc(C)cc1)CO. The van der Waals surface area contributed by atoms with Crippen molar-refractivity contribution >= 4 is 0 Å². The Labute approximate surface area is 98.8 Å². The van der Waals surface area contributed by atoms with E-state index >= 15 is 0 Å². The molecule has 0 amide bonds. The number of aryl methyl sites for hydroxylation is 1. The lowest BCUT2D eigenvalue weighted by atomic mass is 9.95. The molecule has 0 saturated heterocycles. The Hall–Kier alpha value is -1.08. The van der Waals surface area contributed by atoms with Gasteiger partial charge in [0, 0.05) is 0 Å². The van der Waals surface area contributed by atoms with Gasteiger partial charge in [-0.15, -0.1) is 0 Å². The summed E-state index contributed by atoms with van der Waals surface area (Å²) in [6.45, 7) is 6.52. The monoisotopic (exact) mass is 218 g/mol. The summed E-state index contributed by atoms with van der Waals surface area (Å²) in [6.07, 6.45) is 4.31. The van der Waals surface area contributed by atoms with Crippen LogP contribution in [0.3, 0.4) is 0 Å². The van der Waals surface area contributed by atoms with Gasteiger partial charge >= 0.3 is 0 Å². The minimum absolute atomic E-state index is 0.179. The van der Waals surface area contributed by atoms with Gasteiger partial charge < -0.3 is 5.11 Å². The summed E-state index contributed by atoms with van der Waals surface area (Å²) in [5.41, 5.74) is 3.78. The molecule has 0 aliphatic carbocycles. The molecule has 0 fully saturated rings. The van der Waals surface area contributed by atoms with Crippen LogP contribution in [-0.2, 0) is 0 Å². The first kappa shape index (κ1) is 13.0. The van der Waals surface area contributed by atoms with Crippen molar-refractivity contribution in [3.63, 3.8) is 0 Å². The van der Waals surface area contributed by atoms with Crippen molar-refractivity contribution in [2.24, 2.45) is 0 Å². The van der Waals surface area contributed by atoms with E-state index in [-0.39, 0.29) is 6.61 Å². The van der Waals surface area contributed by atoms with Gasteiger partial charge in [0.1, 0.15) is 0 Å². The van der Waals surface area contributed by atoms with Gasteiger partial charge in [0.05, 0.1) is 6.61 Å². The Morgan fingerprint density at radius 3 is 2.50 bits per heavy atom. The summed E-state index contributed by atoms with van der Waals surface area (Å²) in [5.74, 6) is 0.586. The fourth-order valence-corrected chi connectivity index (χ4v) is 1.71. The molecule has 0 saturated carbocycles. The summed E-state index contributed by atoms with van der Waals surface area (Å²) in [7, 11) is 0. The van der Waals surface area contributed by atoms with Crippen LogP contribution in [0, 0.1) is 6.92 Å². The predicted molar refractivity (Wildman–Crippen MR) is 69.7 cm³/mol. The Balaban J connectivity index is 2.46. The first-order chi connectivity index (χ1) is 7.63. The van der Waals surface area contributed by atoms with Crippen LogP contribution >= 0.6 is 0 Å². The molecule has 1 aromatic carbocycles. The van der Waals surface area contributed by atoms with Crippen LogP contribution in [0.15, 0.2) is 35.9 Å². The number of allylic oxidation sites excluding steroid dienone is 1. The lowest BCUT2D eigenvalue weighted by Gasteiger charge is -2.10. The van der Waals surface area contributed by atoms with E-state index in [9.17, 15) is 0 Å². The Bertz CT molecular complexity index is 335. The largest absolute Gasteiger partial charge is 0.392 e. The van der Waals surface area contributed by atoms with E-state index in [1.807, 2.05) is 6.92 Å². The van der Waals surface area contributed by atoms with E-state index in [2.05, 4.69) is 44.2 Å². The molecule has 1 nitrogen and oxygen atoms in total. The average molecular weight is 218 g/mol. The van der Waals surface area contributed by atoms with Gasteiger partial charge in [-0.25, -0.2) is 0 Å². The highest BCUT2D eigenvalue weighted by Gasteiger charge is 2.03. The topological polar surface area (TPSA) is 20.2 Å². The molecule has 16 heavy (non-hydrogen) atoms. The van der Waals surface area contributed by atoms with E-state index in [1.165, 1.54) is 11.1 Å². The van der Waals surface area contributed by atoms with Gasteiger partial charge in [0.2, 0.25) is 0 Å². The van der Waals surface area contributed by atoms with Gasteiger partial charge in [0.25, 0.3) is 0 Å². The highest BCUT2D eigenvalue weighted by atomic mass is 16.3. The zero-order valence-electron chi connectivity index (χ0n) is 10.5. The smallest absolute Gasteiger partial charge is 0.0639 e. The molecule has 0 heterocycles. The maximum absolute atomic E-state index is 8.88. The summed E-state index contributed by atoms with van der Waals surface area (Å²) >= 11 is 0. The molecule has 1 aromatic rings. The summed E-state index contributed by atoms with van der Waals surface area (Å²) in [6, 6.07) is 8.76. The molecule has 1 N–H and O–H groups in total. The van der Waals surface area contributed by atoms with Crippen LogP contribution in [0.5, 0.6) is 0 Å². The van der Waals surface area contributed by atoms with Crippen molar-refractivity contribution in [1.29, 1.82) is 0 Å². The molecule has 88 valence electrons. The first-order valence-electron chi connectivity index (χ1n) is 5.96. The molecule has 0 unspecified atom stereocenters. The second-order valence-electron chi connectivity index (χ2n) is 4.60. The van der Waals surface area contributed by atoms with Gasteiger partial charge in [-0.05, 0) is 38.2 Å². The van der Waals surface area contributed by atoms with E-state index in [4.69, 9.17) is 5.11 Å². The molecule has 0 spiro atoms. The van der Waals surface area contributed by atoms with Crippen molar-refractivity contribution in [3.05, 3.63) is 47.0 Å². The van der Waals surface area contributed by atoms with Gasteiger partial charge in [-0.1, -0.05) is 48.4 Å². The van der Waals surface area contributed by atoms with E-state index in [0.29, 0.717) is 5.92 Å². The van der Waals surface area contributed by atoms with Crippen LogP contribution in [0.2, 0.25) is 0 Å². The molecular formula is C15H22O. The summed E-state index contributed by atoms with van der Waals surface area (Å²) < 4.78 is 0. The highest BCUT2D eigenvalue weighted by molar-refractivity contribution is 5.24. The standard InChI is InChI=1S/C15H22O/c1-12-7-9-15(10-8-12)14(3)6-4-5-13(2)11-16/h5,7-10,14,16H,4,6,11H2,1-3H3/b13-5+/t14-/m1/s1. The number of hydrogen-bond donors (Lipinski definition) is 1. The molecule has 1 rings (SSSR count). The normalized spacial score (nSPS) is 13.9. The zero-order chi connectivity index (χ0) is 12.0. The Morgan fingerprint density at radius 1 is 1.31 bits per heavy atom.